The summed E-state index contributed by atoms with van der Waals surface area (Å²) in [5.41, 5.74) is 1.37. The fourth-order valence-corrected chi connectivity index (χ4v) is 2.78. The summed E-state index contributed by atoms with van der Waals surface area (Å²) in [6.07, 6.45) is -0.322. The molecule has 0 bridgehead atoms. The molecule has 0 spiro atoms. The van der Waals surface area contributed by atoms with Crippen molar-refractivity contribution in [1.82, 2.24) is 15.1 Å². The number of hydrogen-bond donors (Lipinski definition) is 1. The second-order valence-corrected chi connectivity index (χ2v) is 5.83. The second kappa shape index (κ2) is 8.76. The van der Waals surface area contributed by atoms with Gasteiger partial charge in [-0.1, -0.05) is 30.3 Å². The van der Waals surface area contributed by atoms with E-state index in [9.17, 15) is 4.79 Å². The molecule has 1 aliphatic heterocycles. The Kier molecular flexibility index (Phi) is 6.68. The third-order valence-electron chi connectivity index (χ3n) is 3.89. The van der Waals surface area contributed by atoms with Gasteiger partial charge in [0, 0.05) is 45.3 Å². The molecular formula is C17H27N3O2. The minimum atomic E-state index is -0.322. The standard InChI is InChI=1S/C17H27N3O2/c1-3-22-17(21)18-15(2)13-19-9-11-20(12-10-19)14-16-7-5-4-6-8-16/h4-8,15H,3,9-14H2,1-2H3,(H,18,21)/t15-/m0/s1. The summed E-state index contributed by atoms with van der Waals surface area (Å²) in [4.78, 5) is 16.3. The minimum absolute atomic E-state index is 0.111. The number of alkyl carbamates (subject to hydrolysis) is 1. The van der Waals surface area contributed by atoms with Crippen molar-refractivity contribution in [3.05, 3.63) is 35.9 Å². The molecule has 122 valence electrons. The van der Waals surface area contributed by atoms with Gasteiger partial charge in [0.1, 0.15) is 0 Å². The van der Waals surface area contributed by atoms with Crippen LogP contribution < -0.4 is 5.32 Å². The van der Waals surface area contributed by atoms with Crippen LogP contribution in [0.2, 0.25) is 0 Å². The van der Waals surface area contributed by atoms with Gasteiger partial charge in [-0.3, -0.25) is 9.80 Å². The number of carbonyl (C=O) groups excluding carboxylic acids is 1. The SMILES string of the molecule is CCOC(=O)N[C@@H](C)CN1CCN(Cc2ccccc2)CC1. The lowest BCUT2D eigenvalue weighted by molar-refractivity contribution is 0.114. The Morgan fingerprint density at radius 2 is 1.82 bits per heavy atom. The van der Waals surface area contributed by atoms with Crippen LogP contribution in [0.3, 0.4) is 0 Å². The zero-order valence-electron chi connectivity index (χ0n) is 13.6. The Hall–Kier alpha value is -1.59. The lowest BCUT2D eigenvalue weighted by Crippen LogP contribution is -2.50. The molecule has 22 heavy (non-hydrogen) atoms. The Morgan fingerprint density at radius 1 is 1.18 bits per heavy atom. The molecule has 0 aliphatic carbocycles. The maximum Gasteiger partial charge on any atom is 0.407 e. The Balaban J connectivity index is 1.67. The Labute approximate surface area is 133 Å². The summed E-state index contributed by atoms with van der Waals surface area (Å²) in [6, 6.07) is 10.7. The van der Waals surface area contributed by atoms with Crippen LogP contribution in [-0.2, 0) is 11.3 Å². The van der Waals surface area contributed by atoms with Gasteiger partial charge in [0.15, 0.2) is 0 Å². The van der Waals surface area contributed by atoms with E-state index in [2.05, 4.69) is 45.4 Å². The molecular weight excluding hydrogens is 278 g/mol. The maximum atomic E-state index is 11.4. The van der Waals surface area contributed by atoms with Gasteiger partial charge in [0.2, 0.25) is 0 Å². The molecule has 1 atom stereocenters. The maximum absolute atomic E-state index is 11.4. The summed E-state index contributed by atoms with van der Waals surface area (Å²) in [5, 5.41) is 2.86. The quantitative estimate of drug-likeness (QED) is 0.872. The van der Waals surface area contributed by atoms with Crippen LogP contribution in [-0.4, -0.2) is 61.3 Å². The second-order valence-electron chi connectivity index (χ2n) is 5.83. The first-order valence-electron chi connectivity index (χ1n) is 8.09. The number of piperazine rings is 1. The van der Waals surface area contributed by atoms with E-state index >= 15 is 0 Å². The zero-order valence-corrected chi connectivity index (χ0v) is 13.6. The molecule has 1 aliphatic rings. The third kappa shape index (κ3) is 5.66. The monoisotopic (exact) mass is 305 g/mol. The average Bonchev–Trinajstić information content (AvgIpc) is 2.50. The van der Waals surface area contributed by atoms with Crippen LogP contribution in [0.4, 0.5) is 4.79 Å². The van der Waals surface area contributed by atoms with Crippen LogP contribution in [0.25, 0.3) is 0 Å². The van der Waals surface area contributed by atoms with Crippen molar-refractivity contribution in [3.8, 4) is 0 Å². The number of carbonyl (C=O) groups is 1. The Morgan fingerprint density at radius 3 is 2.45 bits per heavy atom. The molecule has 1 fully saturated rings. The number of benzene rings is 1. The van der Waals surface area contributed by atoms with E-state index < -0.39 is 0 Å². The number of amides is 1. The number of hydrogen-bond acceptors (Lipinski definition) is 4. The third-order valence-corrected chi connectivity index (χ3v) is 3.89. The van der Waals surface area contributed by atoms with E-state index in [-0.39, 0.29) is 12.1 Å². The first-order valence-corrected chi connectivity index (χ1v) is 8.09. The first kappa shape index (κ1) is 16.8. The molecule has 0 saturated carbocycles. The highest BCUT2D eigenvalue weighted by molar-refractivity contribution is 5.67. The van der Waals surface area contributed by atoms with E-state index in [0.717, 1.165) is 39.3 Å². The molecule has 1 aromatic carbocycles. The van der Waals surface area contributed by atoms with Gasteiger partial charge in [-0.05, 0) is 19.4 Å². The number of ether oxygens (including phenoxy) is 1. The predicted octanol–water partition coefficient (Wildman–Crippen LogP) is 1.94. The molecule has 0 radical (unpaired) electrons. The van der Waals surface area contributed by atoms with Gasteiger partial charge in [-0.2, -0.15) is 0 Å². The zero-order chi connectivity index (χ0) is 15.8. The minimum Gasteiger partial charge on any atom is -0.450 e. The highest BCUT2D eigenvalue weighted by Gasteiger charge is 2.19. The summed E-state index contributed by atoms with van der Waals surface area (Å²) in [6.45, 7) is 10.4. The van der Waals surface area contributed by atoms with Gasteiger partial charge >= 0.3 is 6.09 Å². The molecule has 2 rings (SSSR count). The van der Waals surface area contributed by atoms with Crippen LogP contribution in [0.5, 0.6) is 0 Å². The normalized spacial score (nSPS) is 17.9. The van der Waals surface area contributed by atoms with Crippen molar-refractivity contribution in [1.29, 1.82) is 0 Å². The van der Waals surface area contributed by atoms with Gasteiger partial charge < -0.3 is 10.1 Å². The van der Waals surface area contributed by atoms with Crippen LogP contribution >= 0.6 is 0 Å². The number of rotatable bonds is 6. The first-order chi connectivity index (χ1) is 10.7. The Bertz CT molecular complexity index is 444. The van der Waals surface area contributed by atoms with Crippen molar-refractivity contribution >= 4 is 6.09 Å². The molecule has 1 N–H and O–H groups in total. The molecule has 0 aromatic heterocycles. The lowest BCUT2D eigenvalue weighted by atomic mass is 10.2. The van der Waals surface area contributed by atoms with Gasteiger partial charge in [-0.15, -0.1) is 0 Å². The van der Waals surface area contributed by atoms with E-state index in [1.165, 1.54) is 5.56 Å². The highest BCUT2D eigenvalue weighted by atomic mass is 16.5. The summed E-state index contributed by atoms with van der Waals surface area (Å²) in [5.74, 6) is 0. The van der Waals surface area contributed by atoms with Crippen molar-refractivity contribution in [3.63, 3.8) is 0 Å². The largest absolute Gasteiger partial charge is 0.450 e. The van der Waals surface area contributed by atoms with Crippen molar-refractivity contribution in [2.24, 2.45) is 0 Å². The lowest BCUT2D eigenvalue weighted by Gasteiger charge is -2.36. The fraction of sp³-hybridized carbons (Fsp3) is 0.588. The van der Waals surface area contributed by atoms with Crippen molar-refractivity contribution in [2.45, 2.75) is 26.4 Å². The predicted molar refractivity (Wildman–Crippen MR) is 87.8 cm³/mol. The number of nitrogens with zero attached hydrogens (tertiary/aromatic N) is 2. The molecule has 5 nitrogen and oxygen atoms in total. The van der Waals surface area contributed by atoms with Gasteiger partial charge in [0.05, 0.1) is 6.61 Å². The van der Waals surface area contributed by atoms with E-state index in [4.69, 9.17) is 4.74 Å². The van der Waals surface area contributed by atoms with Crippen LogP contribution in [0.1, 0.15) is 19.4 Å². The topological polar surface area (TPSA) is 44.8 Å². The average molecular weight is 305 g/mol. The van der Waals surface area contributed by atoms with Crippen LogP contribution in [0, 0.1) is 0 Å². The number of nitrogens with one attached hydrogen (secondary N) is 1. The fourth-order valence-electron chi connectivity index (χ4n) is 2.78. The van der Waals surface area contributed by atoms with E-state index in [1.807, 2.05) is 13.8 Å². The van der Waals surface area contributed by atoms with Gasteiger partial charge in [-0.25, -0.2) is 4.79 Å². The summed E-state index contributed by atoms with van der Waals surface area (Å²) >= 11 is 0. The molecule has 1 aromatic rings. The van der Waals surface area contributed by atoms with Gasteiger partial charge in [0.25, 0.3) is 0 Å². The molecule has 1 saturated heterocycles. The highest BCUT2D eigenvalue weighted by Crippen LogP contribution is 2.08. The smallest absolute Gasteiger partial charge is 0.407 e. The molecule has 5 heteroatoms. The van der Waals surface area contributed by atoms with Crippen molar-refractivity contribution in [2.75, 3.05) is 39.3 Å². The molecule has 1 heterocycles. The van der Waals surface area contributed by atoms with Crippen LogP contribution in [0.15, 0.2) is 30.3 Å². The summed E-state index contributed by atoms with van der Waals surface area (Å²) < 4.78 is 4.91. The molecule has 1 amide bonds. The van der Waals surface area contributed by atoms with E-state index in [0.29, 0.717) is 6.61 Å². The molecule has 0 unspecified atom stereocenters. The summed E-state index contributed by atoms with van der Waals surface area (Å²) in [7, 11) is 0. The van der Waals surface area contributed by atoms with Crippen molar-refractivity contribution < 1.29 is 9.53 Å². The van der Waals surface area contributed by atoms with E-state index in [1.54, 1.807) is 0 Å².